The molecule has 0 aromatic heterocycles. The average molecular weight is 379 g/mol. The molecule has 1 saturated heterocycles. The van der Waals surface area contributed by atoms with E-state index in [1.54, 1.807) is 4.31 Å². The van der Waals surface area contributed by atoms with Crippen molar-refractivity contribution in [3.8, 4) is 0 Å². The first kappa shape index (κ1) is 18.4. The molecule has 25 heavy (non-hydrogen) atoms. The second-order valence-electron chi connectivity index (χ2n) is 6.54. The van der Waals surface area contributed by atoms with Crippen LogP contribution in [-0.4, -0.2) is 43.8 Å². The number of rotatable bonds is 5. The number of hydrogen-bond donors (Lipinski definition) is 0. The minimum atomic E-state index is -3.26. The Labute approximate surface area is 155 Å². The highest BCUT2D eigenvalue weighted by Crippen LogP contribution is 2.16. The van der Waals surface area contributed by atoms with Gasteiger partial charge in [0.2, 0.25) is 10.0 Å². The van der Waals surface area contributed by atoms with Crippen LogP contribution in [0, 0.1) is 6.92 Å². The van der Waals surface area contributed by atoms with Crippen LogP contribution < -0.4 is 0 Å². The van der Waals surface area contributed by atoms with E-state index in [1.165, 1.54) is 5.56 Å². The van der Waals surface area contributed by atoms with E-state index < -0.39 is 10.0 Å². The van der Waals surface area contributed by atoms with Gasteiger partial charge in [0.25, 0.3) is 0 Å². The first-order valence-corrected chi connectivity index (χ1v) is 10.4. The molecule has 134 valence electrons. The molecule has 0 unspecified atom stereocenters. The minimum Gasteiger partial charge on any atom is -0.296 e. The van der Waals surface area contributed by atoms with Crippen molar-refractivity contribution in [2.24, 2.45) is 0 Å². The van der Waals surface area contributed by atoms with Crippen molar-refractivity contribution in [3.63, 3.8) is 0 Å². The van der Waals surface area contributed by atoms with Crippen LogP contribution in [0.4, 0.5) is 0 Å². The van der Waals surface area contributed by atoms with Gasteiger partial charge in [0.15, 0.2) is 0 Å². The van der Waals surface area contributed by atoms with Gasteiger partial charge in [-0.25, -0.2) is 8.42 Å². The van der Waals surface area contributed by atoms with E-state index in [-0.39, 0.29) is 5.75 Å². The molecule has 0 atom stereocenters. The maximum absolute atomic E-state index is 12.6. The van der Waals surface area contributed by atoms with Crippen LogP contribution in [0.5, 0.6) is 0 Å². The molecule has 4 nitrogen and oxygen atoms in total. The highest BCUT2D eigenvalue weighted by molar-refractivity contribution is 7.88. The van der Waals surface area contributed by atoms with Crippen molar-refractivity contribution in [2.75, 3.05) is 26.2 Å². The van der Waals surface area contributed by atoms with Crippen molar-refractivity contribution in [1.82, 2.24) is 9.21 Å². The molecule has 0 aliphatic carbocycles. The number of halogens is 1. The molecule has 0 spiro atoms. The number of sulfonamides is 1. The minimum absolute atomic E-state index is 0.0739. The summed E-state index contributed by atoms with van der Waals surface area (Å²) < 4.78 is 26.9. The summed E-state index contributed by atoms with van der Waals surface area (Å²) in [6.07, 6.45) is 0. The normalized spacial score (nSPS) is 16.9. The summed E-state index contributed by atoms with van der Waals surface area (Å²) in [7, 11) is -3.26. The number of benzene rings is 2. The monoisotopic (exact) mass is 378 g/mol. The Balaban J connectivity index is 1.55. The van der Waals surface area contributed by atoms with Gasteiger partial charge in [0, 0.05) is 37.7 Å². The topological polar surface area (TPSA) is 40.6 Å². The highest BCUT2D eigenvalue weighted by atomic mass is 35.5. The van der Waals surface area contributed by atoms with Crippen LogP contribution in [0.25, 0.3) is 0 Å². The van der Waals surface area contributed by atoms with Crippen LogP contribution in [0.3, 0.4) is 0 Å². The zero-order chi connectivity index (χ0) is 17.9. The number of aryl methyl sites for hydroxylation is 1. The molecule has 1 aliphatic rings. The van der Waals surface area contributed by atoms with E-state index in [9.17, 15) is 8.42 Å². The van der Waals surface area contributed by atoms with E-state index in [4.69, 9.17) is 11.6 Å². The quantitative estimate of drug-likeness (QED) is 0.801. The van der Waals surface area contributed by atoms with Crippen molar-refractivity contribution in [3.05, 3.63) is 70.2 Å². The van der Waals surface area contributed by atoms with Crippen molar-refractivity contribution >= 4 is 21.6 Å². The van der Waals surface area contributed by atoms with Crippen LogP contribution in [-0.2, 0) is 22.3 Å². The number of nitrogens with zero attached hydrogens (tertiary/aromatic N) is 2. The molecule has 0 N–H and O–H groups in total. The summed E-state index contributed by atoms with van der Waals surface area (Å²) in [6, 6.07) is 15.5. The molecular weight excluding hydrogens is 356 g/mol. The predicted octanol–water partition coefficient (Wildman–Crippen LogP) is 3.30. The van der Waals surface area contributed by atoms with Gasteiger partial charge >= 0.3 is 0 Å². The molecule has 3 rings (SSSR count). The van der Waals surface area contributed by atoms with E-state index in [1.807, 2.05) is 55.5 Å². The summed E-state index contributed by atoms with van der Waals surface area (Å²) in [6.45, 7) is 5.40. The fourth-order valence-electron chi connectivity index (χ4n) is 3.00. The smallest absolute Gasteiger partial charge is 0.218 e. The molecular formula is C19H23ClN2O2S. The van der Waals surface area contributed by atoms with Crippen molar-refractivity contribution in [2.45, 2.75) is 19.2 Å². The predicted molar refractivity (Wildman–Crippen MR) is 102 cm³/mol. The Kier molecular flexibility index (Phi) is 5.79. The average Bonchev–Trinajstić information content (AvgIpc) is 2.59. The van der Waals surface area contributed by atoms with E-state index in [2.05, 4.69) is 4.90 Å². The lowest BCUT2D eigenvalue weighted by Gasteiger charge is -2.34. The Morgan fingerprint density at radius 1 is 0.880 bits per heavy atom. The lowest BCUT2D eigenvalue weighted by molar-refractivity contribution is 0.181. The first-order valence-electron chi connectivity index (χ1n) is 8.42. The fourth-order valence-corrected chi connectivity index (χ4v) is 4.64. The Morgan fingerprint density at radius 2 is 1.44 bits per heavy atom. The third-order valence-corrected chi connectivity index (χ3v) is 6.62. The summed E-state index contributed by atoms with van der Waals surface area (Å²) >= 11 is 5.91. The summed E-state index contributed by atoms with van der Waals surface area (Å²) in [5.74, 6) is 0.0739. The molecule has 0 bridgehead atoms. The van der Waals surface area contributed by atoms with Gasteiger partial charge in [0.05, 0.1) is 5.75 Å². The van der Waals surface area contributed by atoms with Gasteiger partial charge in [0.1, 0.15) is 0 Å². The van der Waals surface area contributed by atoms with Crippen LogP contribution in [0.1, 0.15) is 16.7 Å². The molecule has 2 aromatic carbocycles. The molecule has 0 saturated carbocycles. The van der Waals surface area contributed by atoms with E-state index in [0.29, 0.717) is 13.1 Å². The standard InChI is InChI=1S/C19H23ClN2O2S/c1-16-2-4-18(5-3-16)15-25(23,24)22-12-10-21(11-13-22)14-17-6-8-19(20)9-7-17/h2-9H,10-15H2,1H3. The molecule has 1 heterocycles. The van der Waals surface area contributed by atoms with Crippen molar-refractivity contribution in [1.29, 1.82) is 0 Å². The zero-order valence-electron chi connectivity index (χ0n) is 14.4. The zero-order valence-corrected chi connectivity index (χ0v) is 15.9. The van der Waals surface area contributed by atoms with Crippen molar-refractivity contribution < 1.29 is 8.42 Å². The van der Waals surface area contributed by atoms with Crippen LogP contribution in [0.15, 0.2) is 48.5 Å². The van der Waals surface area contributed by atoms with Crippen LogP contribution >= 0.6 is 11.6 Å². The lowest BCUT2D eigenvalue weighted by atomic mass is 10.2. The molecule has 1 fully saturated rings. The highest BCUT2D eigenvalue weighted by Gasteiger charge is 2.27. The van der Waals surface area contributed by atoms with Gasteiger partial charge in [-0.3, -0.25) is 4.90 Å². The largest absolute Gasteiger partial charge is 0.296 e. The second-order valence-corrected chi connectivity index (χ2v) is 8.95. The number of hydrogen-bond acceptors (Lipinski definition) is 3. The van der Waals surface area contributed by atoms with Gasteiger partial charge in [-0.15, -0.1) is 0 Å². The SMILES string of the molecule is Cc1ccc(CS(=O)(=O)N2CCN(Cc3ccc(Cl)cc3)CC2)cc1. The Morgan fingerprint density at radius 3 is 2.04 bits per heavy atom. The summed E-state index contributed by atoms with van der Waals surface area (Å²) in [4.78, 5) is 2.28. The third-order valence-electron chi connectivity index (χ3n) is 4.51. The Hall–Kier alpha value is -1.40. The lowest BCUT2D eigenvalue weighted by Crippen LogP contribution is -2.48. The maximum Gasteiger partial charge on any atom is 0.218 e. The molecule has 6 heteroatoms. The maximum atomic E-state index is 12.6. The van der Waals surface area contributed by atoms with Gasteiger partial charge in [-0.1, -0.05) is 53.6 Å². The molecule has 1 aliphatic heterocycles. The molecule has 2 aromatic rings. The van der Waals surface area contributed by atoms with Gasteiger partial charge in [-0.2, -0.15) is 4.31 Å². The fraction of sp³-hybridized carbons (Fsp3) is 0.368. The summed E-state index contributed by atoms with van der Waals surface area (Å²) in [5, 5.41) is 0.732. The van der Waals surface area contributed by atoms with Crippen LogP contribution in [0.2, 0.25) is 5.02 Å². The summed E-state index contributed by atoms with van der Waals surface area (Å²) in [5.41, 5.74) is 3.17. The number of piperazine rings is 1. The second kappa shape index (κ2) is 7.87. The third kappa shape index (κ3) is 5.05. The van der Waals surface area contributed by atoms with Gasteiger partial charge < -0.3 is 0 Å². The van der Waals surface area contributed by atoms with E-state index in [0.717, 1.165) is 35.8 Å². The first-order chi connectivity index (χ1) is 11.9. The van der Waals surface area contributed by atoms with Gasteiger partial charge in [-0.05, 0) is 30.2 Å². The molecule has 0 radical (unpaired) electrons. The molecule has 0 amide bonds. The van der Waals surface area contributed by atoms with E-state index >= 15 is 0 Å². The Bertz CT molecular complexity index is 796.